The van der Waals surface area contributed by atoms with E-state index in [0.717, 1.165) is 12.2 Å². The highest BCUT2D eigenvalue weighted by Gasteiger charge is 2.25. The Hall–Kier alpha value is -1.66. The first kappa shape index (κ1) is 11.8. The van der Waals surface area contributed by atoms with E-state index in [4.69, 9.17) is 5.84 Å². The van der Waals surface area contributed by atoms with Crippen molar-refractivity contribution < 1.29 is 4.79 Å². The Balaban J connectivity index is 2.06. The lowest BCUT2D eigenvalue weighted by molar-refractivity contribution is -0.128. The SMILES string of the molecule is CC1C(=O)NCCN1Cc1cccc(NN)n1. The summed E-state index contributed by atoms with van der Waals surface area (Å²) in [5.41, 5.74) is 3.42. The molecule has 1 amide bonds. The zero-order valence-corrected chi connectivity index (χ0v) is 9.81. The molecule has 0 saturated carbocycles. The first-order valence-corrected chi connectivity index (χ1v) is 5.65. The van der Waals surface area contributed by atoms with E-state index in [1.165, 1.54) is 0 Å². The van der Waals surface area contributed by atoms with E-state index in [1.54, 1.807) is 6.07 Å². The first-order chi connectivity index (χ1) is 8.20. The number of hydrogen-bond donors (Lipinski definition) is 3. The van der Waals surface area contributed by atoms with Crippen LogP contribution in [0.1, 0.15) is 12.6 Å². The normalized spacial score (nSPS) is 21.1. The fraction of sp³-hybridized carbons (Fsp3) is 0.455. The van der Waals surface area contributed by atoms with Gasteiger partial charge in [0.05, 0.1) is 11.7 Å². The number of hydrogen-bond acceptors (Lipinski definition) is 5. The van der Waals surface area contributed by atoms with Crippen molar-refractivity contribution in [3.63, 3.8) is 0 Å². The zero-order valence-electron chi connectivity index (χ0n) is 9.81. The summed E-state index contributed by atoms with van der Waals surface area (Å²) in [7, 11) is 0. The third-order valence-corrected chi connectivity index (χ3v) is 2.95. The predicted octanol–water partition coefficient (Wildman–Crippen LogP) is -0.312. The van der Waals surface area contributed by atoms with Crippen LogP contribution >= 0.6 is 0 Å². The highest BCUT2D eigenvalue weighted by atomic mass is 16.2. The minimum Gasteiger partial charge on any atom is -0.353 e. The largest absolute Gasteiger partial charge is 0.353 e. The van der Waals surface area contributed by atoms with Crippen molar-refractivity contribution in [2.45, 2.75) is 19.5 Å². The average Bonchev–Trinajstić information content (AvgIpc) is 2.35. The van der Waals surface area contributed by atoms with Crippen molar-refractivity contribution in [1.29, 1.82) is 0 Å². The molecule has 1 aromatic rings. The molecule has 1 atom stereocenters. The first-order valence-electron chi connectivity index (χ1n) is 5.65. The molecule has 1 fully saturated rings. The number of nitrogens with two attached hydrogens (primary N) is 1. The molecule has 6 heteroatoms. The molecule has 2 heterocycles. The summed E-state index contributed by atoms with van der Waals surface area (Å²) in [5.74, 6) is 6.02. The van der Waals surface area contributed by atoms with Gasteiger partial charge in [-0.1, -0.05) is 6.07 Å². The van der Waals surface area contributed by atoms with Gasteiger partial charge in [0.1, 0.15) is 5.82 Å². The highest BCUT2D eigenvalue weighted by molar-refractivity contribution is 5.81. The lowest BCUT2D eigenvalue weighted by Gasteiger charge is -2.32. The summed E-state index contributed by atoms with van der Waals surface area (Å²) < 4.78 is 0. The van der Waals surface area contributed by atoms with Gasteiger partial charge in [0.2, 0.25) is 5.91 Å². The fourth-order valence-electron chi connectivity index (χ4n) is 1.90. The van der Waals surface area contributed by atoms with Gasteiger partial charge >= 0.3 is 0 Å². The third kappa shape index (κ3) is 2.72. The number of nitrogens with zero attached hydrogens (tertiary/aromatic N) is 2. The Bertz CT molecular complexity index is 409. The van der Waals surface area contributed by atoms with Gasteiger partial charge in [0.15, 0.2) is 0 Å². The van der Waals surface area contributed by atoms with Crippen molar-refractivity contribution in [2.24, 2.45) is 5.84 Å². The maximum atomic E-state index is 11.5. The summed E-state index contributed by atoms with van der Waals surface area (Å²) >= 11 is 0. The van der Waals surface area contributed by atoms with Crippen molar-refractivity contribution in [2.75, 3.05) is 18.5 Å². The van der Waals surface area contributed by atoms with Gasteiger partial charge in [-0.15, -0.1) is 0 Å². The molecule has 0 radical (unpaired) electrons. The Morgan fingerprint density at radius 3 is 3.24 bits per heavy atom. The standard InChI is InChI=1S/C11H17N5O/c1-8-11(17)13-5-6-16(8)7-9-3-2-4-10(14-9)15-12/h2-4,8H,5-7,12H2,1H3,(H,13,17)(H,14,15). The van der Waals surface area contributed by atoms with Gasteiger partial charge in [-0.2, -0.15) is 0 Å². The number of hydrazine groups is 1. The van der Waals surface area contributed by atoms with Crippen LogP contribution in [0.5, 0.6) is 0 Å². The van der Waals surface area contributed by atoms with Gasteiger partial charge in [-0.3, -0.25) is 9.69 Å². The minimum atomic E-state index is -0.111. The average molecular weight is 235 g/mol. The monoisotopic (exact) mass is 235 g/mol. The molecule has 1 unspecified atom stereocenters. The lowest BCUT2D eigenvalue weighted by Crippen LogP contribution is -2.53. The molecule has 1 aromatic heterocycles. The summed E-state index contributed by atoms with van der Waals surface area (Å²) in [6.07, 6.45) is 0. The Morgan fingerprint density at radius 1 is 1.65 bits per heavy atom. The van der Waals surface area contributed by atoms with E-state index in [0.29, 0.717) is 18.9 Å². The number of carbonyl (C=O) groups excluding carboxylic acids is 1. The Labute approximate surface area is 100 Å². The molecule has 6 nitrogen and oxygen atoms in total. The van der Waals surface area contributed by atoms with Crippen LogP contribution in [-0.4, -0.2) is 34.9 Å². The molecule has 1 aliphatic heterocycles. The highest BCUT2D eigenvalue weighted by Crippen LogP contribution is 2.10. The van der Waals surface area contributed by atoms with E-state index in [-0.39, 0.29) is 11.9 Å². The molecular weight excluding hydrogens is 218 g/mol. The molecule has 2 rings (SSSR count). The summed E-state index contributed by atoms with van der Waals surface area (Å²) in [6, 6.07) is 5.52. The Kier molecular flexibility index (Phi) is 3.55. The molecule has 0 aromatic carbocycles. The number of pyridine rings is 1. The molecule has 4 N–H and O–H groups in total. The second-order valence-electron chi connectivity index (χ2n) is 4.10. The van der Waals surface area contributed by atoms with E-state index in [2.05, 4.69) is 20.6 Å². The third-order valence-electron chi connectivity index (χ3n) is 2.95. The molecule has 92 valence electrons. The molecule has 1 aliphatic rings. The minimum absolute atomic E-state index is 0.0735. The predicted molar refractivity (Wildman–Crippen MR) is 64.9 cm³/mol. The molecule has 0 aliphatic carbocycles. The second-order valence-corrected chi connectivity index (χ2v) is 4.10. The van der Waals surface area contributed by atoms with Gasteiger partial charge < -0.3 is 10.7 Å². The molecule has 0 spiro atoms. The number of nitrogen functional groups attached to an aromatic ring is 1. The number of anilines is 1. The molecular formula is C11H17N5O. The zero-order chi connectivity index (χ0) is 12.3. The number of carbonyl (C=O) groups is 1. The van der Waals surface area contributed by atoms with Crippen LogP contribution in [0.4, 0.5) is 5.82 Å². The Morgan fingerprint density at radius 2 is 2.47 bits per heavy atom. The summed E-state index contributed by atoms with van der Waals surface area (Å²) in [6.45, 7) is 4.09. The van der Waals surface area contributed by atoms with E-state index in [1.807, 2.05) is 19.1 Å². The van der Waals surface area contributed by atoms with Crippen molar-refractivity contribution in [1.82, 2.24) is 15.2 Å². The topological polar surface area (TPSA) is 83.3 Å². The van der Waals surface area contributed by atoms with Crippen LogP contribution in [0.25, 0.3) is 0 Å². The molecule has 0 bridgehead atoms. The molecule has 1 saturated heterocycles. The van der Waals surface area contributed by atoms with Gasteiger partial charge in [-0.25, -0.2) is 10.8 Å². The smallest absolute Gasteiger partial charge is 0.237 e. The van der Waals surface area contributed by atoms with Crippen LogP contribution in [-0.2, 0) is 11.3 Å². The van der Waals surface area contributed by atoms with Crippen LogP contribution in [0, 0.1) is 0 Å². The molecule has 17 heavy (non-hydrogen) atoms. The maximum Gasteiger partial charge on any atom is 0.237 e. The van der Waals surface area contributed by atoms with Gasteiger partial charge in [0, 0.05) is 19.6 Å². The quantitative estimate of drug-likeness (QED) is 0.494. The lowest BCUT2D eigenvalue weighted by atomic mass is 10.2. The van der Waals surface area contributed by atoms with Gasteiger partial charge in [-0.05, 0) is 19.1 Å². The van der Waals surface area contributed by atoms with Crippen LogP contribution in [0.2, 0.25) is 0 Å². The number of aromatic nitrogens is 1. The van der Waals surface area contributed by atoms with Crippen molar-refractivity contribution in [3.05, 3.63) is 23.9 Å². The summed E-state index contributed by atoms with van der Waals surface area (Å²) in [4.78, 5) is 17.9. The number of amides is 1. The van der Waals surface area contributed by atoms with Crippen LogP contribution in [0.15, 0.2) is 18.2 Å². The van der Waals surface area contributed by atoms with E-state index < -0.39 is 0 Å². The number of piperazine rings is 1. The van der Waals surface area contributed by atoms with Gasteiger partial charge in [0.25, 0.3) is 0 Å². The fourth-order valence-corrected chi connectivity index (χ4v) is 1.90. The van der Waals surface area contributed by atoms with Crippen LogP contribution in [0.3, 0.4) is 0 Å². The summed E-state index contributed by atoms with van der Waals surface area (Å²) in [5, 5.41) is 2.84. The van der Waals surface area contributed by atoms with Crippen molar-refractivity contribution >= 4 is 11.7 Å². The van der Waals surface area contributed by atoms with Crippen molar-refractivity contribution in [3.8, 4) is 0 Å². The van der Waals surface area contributed by atoms with E-state index in [9.17, 15) is 4.79 Å². The maximum absolute atomic E-state index is 11.5. The number of nitrogens with one attached hydrogen (secondary N) is 2. The van der Waals surface area contributed by atoms with Crippen LogP contribution < -0.4 is 16.6 Å². The number of rotatable bonds is 3. The second kappa shape index (κ2) is 5.11. The van der Waals surface area contributed by atoms with E-state index >= 15 is 0 Å².